The predicted molar refractivity (Wildman–Crippen MR) is 116 cm³/mol. The molecule has 0 bridgehead atoms. The Hall–Kier alpha value is -3.60. The van der Waals surface area contributed by atoms with E-state index in [9.17, 15) is 9.59 Å². The molecule has 1 unspecified atom stereocenters. The molecule has 5 heteroatoms. The summed E-state index contributed by atoms with van der Waals surface area (Å²) in [5.74, 6) is 0.273. The quantitative estimate of drug-likeness (QED) is 0.667. The summed E-state index contributed by atoms with van der Waals surface area (Å²) in [4.78, 5) is 26.6. The Labute approximate surface area is 170 Å². The van der Waals surface area contributed by atoms with Crippen LogP contribution in [-0.4, -0.2) is 25.0 Å². The van der Waals surface area contributed by atoms with Gasteiger partial charge in [-0.3, -0.25) is 9.59 Å². The molecule has 0 saturated heterocycles. The van der Waals surface area contributed by atoms with Crippen LogP contribution in [0.2, 0.25) is 0 Å². The van der Waals surface area contributed by atoms with E-state index in [1.165, 1.54) is 0 Å². The highest BCUT2D eigenvalue weighted by Gasteiger charge is 2.16. The molecule has 3 rings (SSSR count). The van der Waals surface area contributed by atoms with Crippen molar-refractivity contribution >= 4 is 23.2 Å². The molecule has 0 aliphatic heterocycles. The van der Waals surface area contributed by atoms with Gasteiger partial charge in [-0.05, 0) is 67.9 Å². The largest absolute Gasteiger partial charge is 0.481 e. The minimum atomic E-state index is -0.651. The summed E-state index contributed by atoms with van der Waals surface area (Å²) in [5, 5.41) is 2.81. The molecule has 29 heavy (non-hydrogen) atoms. The van der Waals surface area contributed by atoms with Crippen molar-refractivity contribution in [2.75, 3.05) is 17.3 Å². The first-order valence-electron chi connectivity index (χ1n) is 9.41. The molecular weight excluding hydrogens is 364 g/mol. The number of anilines is 2. The molecule has 3 aromatic rings. The number of benzene rings is 3. The van der Waals surface area contributed by atoms with Crippen LogP contribution in [0.1, 0.15) is 22.8 Å². The second kappa shape index (κ2) is 9.06. The van der Waals surface area contributed by atoms with E-state index < -0.39 is 6.10 Å². The van der Waals surface area contributed by atoms with Crippen molar-refractivity contribution in [1.29, 1.82) is 0 Å². The average Bonchev–Trinajstić information content (AvgIpc) is 2.74. The van der Waals surface area contributed by atoms with Gasteiger partial charge in [-0.15, -0.1) is 0 Å². The first-order chi connectivity index (χ1) is 13.9. The van der Waals surface area contributed by atoms with Gasteiger partial charge in [0.15, 0.2) is 6.10 Å². The Balaban J connectivity index is 1.61. The minimum absolute atomic E-state index is 0.120. The lowest BCUT2D eigenvalue weighted by atomic mass is 10.1. The number of carbonyl (C=O) groups is 2. The SMILES string of the molecule is Cc1cccc(OC(C)C(=O)Nc2ccc(C(=O)N(C)c3ccccc3)cc2)c1. The van der Waals surface area contributed by atoms with Gasteiger partial charge in [0.1, 0.15) is 5.75 Å². The zero-order chi connectivity index (χ0) is 20.8. The van der Waals surface area contributed by atoms with Gasteiger partial charge in [0.25, 0.3) is 11.8 Å². The Morgan fingerprint density at radius 1 is 0.931 bits per heavy atom. The number of amides is 2. The number of hydrogen-bond acceptors (Lipinski definition) is 3. The Morgan fingerprint density at radius 2 is 1.62 bits per heavy atom. The highest BCUT2D eigenvalue weighted by Crippen LogP contribution is 2.18. The van der Waals surface area contributed by atoms with Gasteiger partial charge in [-0.2, -0.15) is 0 Å². The molecule has 0 fully saturated rings. The Morgan fingerprint density at radius 3 is 2.28 bits per heavy atom. The van der Waals surface area contributed by atoms with Gasteiger partial charge in [0.2, 0.25) is 0 Å². The van der Waals surface area contributed by atoms with Crippen molar-refractivity contribution in [3.05, 3.63) is 90.0 Å². The van der Waals surface area contributed by atoms with Crippen LogP contribution >= 0.6 is 0 Å². The molecule has 1 atom stereocenters. The van der Waals surface area contributed by atoms with Crippen molar-refractivity contribution in [3.63, 3.8) is 0 Å². The van der Waals surface area contributed by atoms with E-state index >= 15 is 0 Å². The van der Waals surface area contributed by atoms with Crippen molar-refractivity contribution in [3.8, 4) is 5.75 Å². The van der Waals surface area contributed by atoms with Crippen LogP contribution in [0.3, 0.4) is 0 Å². The number of ether oxygens (including phenoxy) is 1. The van der Waals surface area contributed by atoms with Crippen LogP contribution in [0, 0.1) is 6.92 Å². The molecule has 5 nitrogen and oxygen atoms in total. The van der Waals surface area contributed by atoms with E-state index in [1.807, 2.05) is 61.5 Å². The Kier molecular flexibility index (Phi) is 6.29. The lowest BCUT2D eigenvalue weighted by Crippen LogP contribution is -2.30. The van der Waals surface area contributed by atoms with E-state index in [1.54, 1.807) is 43.1 Å². The summed E-state index contributed by atoms with van der Waals surface area (Å²) in [5.41, 5.74) is 3.03. The summed E-state index contributed by atoms with van der Waals surface area (Å²) in [7, 11) is 1.73. The van der Waals surface area contributed by atoms with Crippen LogP contribution in [0.15, 0.2) is 78.9 Å². The second-order valence-corrected chi connectivity index (χ2v) is 6.84. The first-order valence-corrected chi connectivity index (χ1v) is 9.41. The maximum atomic E-state index is 12.6. The topological polar surface area (TPSA) is 58.6 Å². The summed E-state index contributed by atoms with van der Waals surface area (Å²) in [6.45, 7) is 3.67. The molecule has 0 aromatic heterocycles. The van der Waals surface area contributed by atoms with Crippen LogP contribution < -0.4 is 15.0 Å². The van der Waals surface area contributed by atoms with Crippen molar-refractivity contribution in [2.24, 2.45) is 0 Å². The molecule has 0 saturated carbocycles. The van der Waals surface area contributed by atoms with Crippen LogP contribution in [0.25, 0.3) is 0 Å². The van der Waals surface area contributed by atoms with Crippen molar-refractivity contribution in [2.45, 2.75) is 20.0 Å². The maximum Gasteiger partial charge on any atom is 0.265 e. The molecule has 0 radical (unpaired) electrons. The molecule has 3 aromatic carbocycles. The monoisotopic (exact) mass is 388 g/mol. The zero-order valence-corrected chi connectivity index (χ0v) is 16.8. The van der Waals surface area contributed by atoms with Gasteiger partial charge in [-0.25, -0.2) is 0 Å². The number of carbonyl (C=O) groups excluding carboxylic acids is 2. The highest BCUT2D eigenvalue weighted by atomic mass is 16.5. The molecule has 148 valence electrons. The number of hydrogen-bond donors (Lipinski definition) is 1. The number of nitrogens with zero attached hydrogens (tertiary/aromatic N) is 1. The molecule has 2 amide bonds. The van der Waals surface area contributed by atoms with Crippen molar-refractivity contribution in [1.82, 2.24) is 0 Å². The molecule has 1 N–H and O–H groups in total. The Bertz CT molecular complexity index is 985. The fourth-order valence-electron chi connectivity index (χ4n) is 2.85. The highest BCUT2D eigenvalue weighted by molar-refractivity contribution is 6.06. The van der Waals surface area contributed by atoms with Crippen molar-refractivity contribution < 1.29 is 14.3 Å². The van der Waals surface area contributed by atoms with E-state index in [0.717, 1.165) is 11.3 Å². The third-order valence-electron chi connectivity index (χ3n) is 4.52. The third kappa shape index (κ3) is 5.23. The van der Waals surface area contributed by atoms with E-state index in [-0.39, 0.29) is 11.8 Å². The molecule has 0 aliphatic carbocycles. The van der Waals surface area contributed by atoms with Gasteiger partial charge < -0.3 is 15.0 Å². The van der Waals surface area contributed by atoms with Gasteiger partial charge in [0, 0.05) is 24.0 Å². The zero-order valence-electron chi connectivity index (χ0n) is 16.8. The summed E-state index contributed by atoms with van der Waals surface area (Å²) < 4.78 is 5.70. The van der Waals surface area contributed by atoms with Crippen LogP contribution in [0.4, 0.5) is 11.4 Å². The first kappa shape index (κ1) is 20.1. The number of aryl methyl sites for hydroxylation is 1. The summed E-state index contributed by atoms with van der Waals surface area (Å²) in [6.07, 6.45) is -0.651. The predicted octanol–water partition coefficient (Wildman–Crippen LogP) is 4.68. The maximum absolute atomic E-state index is 12.6. The molecule has 0 heterocycles. The summed E-state index contributed by atoms with van der Waals surface area (Å²) in [6, 6.07) is 23.8. The van der Waals surface area contributed by atoms with Crippen LogP contribution in [0.5, 0.6) is 5.75 Å². The summed E-state index contributed by atoms with van der Waals surface area (Å²) >= 11 is 0. The molecular formula is C24H24N2O3. The van der Waals surface area contributed by atoms with Crippen LogP contribution in [-0.2, 0) is 4.79 Å². The minimum Gasteiger partial charge on any atom is -0.481 e. The third-order valence-corrected chi connectivity index (χ3v) is 4.52. The average molecular weight is 388 g/mol. The fourth-order valence-corrected chi connectivity index (χ4v) is 2.85. The van der Waals surface area contributed by atoms with Gasteiger partial charge >= 0.3 is 0 Å². The van der Waals surface area contributed by atoms with Gasteiger partial charge in [-0.1, -0.05) is 30.3 Å². The molecule has 0 spiro atoms. The second-order valence-electron chi connectivity index (χ2n) is 6.84. The normalized spacial score (nSPS) is 11.4. The van der Waals surface area contributed by atoms with E-state index in [2.05, 4.69) is 5.32 Å². The standard InChI is InChI=1S/C24H24N2O3/c1-17-8-7-11-22(16-17)29-18(2)23(27)25-20-14-12-19(13-15-20)24(28)26(3)21-9-5-4-6-10-21/h4-16,18H,1-3H3,(H,25,27). The lowest BCUT2D eigenvalue weighted by Gasteiger charge is -2.18. The number of rotatable bonds is 6. The van der Waals surface area contributed by atoms with E-state index in [0.29, 0.717) is 17.0 Å². The number of nitrogens with one attached hydrogen (secondary N) is 1. The lowest BCUT2D eigenvalue weighted by molar-refractivity contribution is -0.122. The smallest absolute Gasteiger partial charge is 0.265 e. The fraction of sp³-hybridized carbons (Fsp3) is 0.167. The van der Waals surface area contributed by atoms with Gasteiger partial charge in [0.05, 0.1) is 0 Å². The number of para-hydroxylation sites is 1. The van der Waals surface area contributed by atoms with E-state index in [4.69, 9.17) is 4.74 Å². The molecule has 0 aliphatic rings.